The van der Waals surface area contributed by atoms with Gasteiger partial charge in [0.15, 0.2) is 5.78 Å². The van der Waals surface area contributed by atoms with Crippen LogP contribution in [0.15, 0.2) is 17.7 Å². The third-order valence-corrected chi connectivity index (χ3v) is 5.65. The number of carbonyl (C=O) groups excluding carboxylic acids is 3. The third-order valence-electron chi connectivity index (χ3n) is 5.65. The molecule has 6 heteroatoms. The number of carbonyl (C=O) groups is 3. The van der Waals surface area contributed by atoms with Crippen molar-refractivity contribution in [3.05, 3.63) is 34.4 Å². The maximum atomic E-state index is 13.1. The van der Waals surface area contributed by atoms with Crippen molar-refractivity contribution in [2.24, 2.45) is 11.3 Å². The predicted molar refractivity (Wildman–Crippen MR) is 97.9 cm³/mol. The molecule has 0 bridgehead atoms. The van der Waals surface area contributed by atoms with Crippen molar-refractivity contribution in [3.63, 3.8) is 0 Å². The van der Waals surface area contributed by atoms with Crippen LogP contribution >= 0.6 is 0 Å². The average molecular weight is 364 g/mol. The summed E-state index contributed by atoms with van der Waals surface area (Å²) < 4.78 is 4.86. The van der Waals surface area contributed by atoms with Gasteiger partial charge in [0.25, 0.3) is 0 Å². The number of hydrogen-bond acceptors (Lipinski definition) is 5. The highest BCUT2D eigenvalue weighted by Crippen LogP contribution is 2.49. The first-order valence-electron chi connectivity index (χ1n) is 9.00. The molecule has 2 heterocycles. The molecule has 1 aromatic carbocycles. The number of allylic oxidation sites excluding steroid dienone is 1. The molecule has 0 unspecified atom stereocenters. The number of esters is 1. The highest BCUT2D eigenvalue weighted by molar-refractivity contribution is 6.27. The van der Waals surface area contributed by atoms with E-state index in [2.05, 4.69) is 6.07 Å². The zero-order chi connectivity index (χ0) is 19.5. The summed E-state index contributed by atoms with van der Waals surface area (Å²) in [6, 6.07) is 5.49. The standard InChI is InChI=1S/C21H20N2O4/c1-21(2)8-14-15(10-22)19(25)23-5-4-11-6-12(20(26)27-3)7-13(18(11)23)17(14)16(24)9-21/h6-7,15H,4-5,8-9H2,1-3H3/t15-/m0/s1. The first-order valence-corrected chi connectivity index (χ1v) is 9.00. The number of rotatable bonds is 1. The van der Waals surface area contributed by atoms with Gasteiger partial charge in [-0.05, 0) is 41.5 Å². The maximum absolute atomic E-state index is 13.1. The number of hydrogen-bond donors (Lipinski definition) is 0. The summed E-state index contributed by atoms with van der Waals surface area (Å²) in [6.07, 6.45) is 1.43. The fourth-order valence-corrected chi connectivity index (χ4v) is 4.57. The Morgan fingerprint density at radius 2 is 2.04 bits per heavy atom. The van der Waals surface area contributed by atoms with Gasteiger partial charge >= 0.3 is 5.97 Å². The zero-order valence-corrected chi connectivity index (χ0v) is 15.6. The molecule has 27 heavy (non-hydrogen) atoms. The number of fused-ring (bicyclic) bond motifs is 1. The molecular weight excluding hydrogens is 344 g/mol. The predicted octanol–water partition coefficient (Wildman–Crippen LogP) is 2.66. The Kier molecular flexibility index (Phi) is 3.74. The molecular formula is C21H20N2O4. The normalized spacial score (nSPS) is 22.7. The van der Waals surface area contributed by atoms with Gasteiger partial charge in [0.1, 0.15) is 5.92 Å². The van der Waals surface area contributed by atoms with Gasteiger partial charge in [-0.1, -0.05) is 13.8 Å². The van der Waals surface area contributed by atoms with Gasteiger partial charge in [-0.25, -0.2) is 4.79 Å². The summed E-state index contributed by atoms with van der Waals surface area (Å²) >= 11 is 0. The monoisotopic (exact) mass is 364 g/mol. The lowest BCUT2D eigenvalue weighted by Crippen LogP contribution is -2.36. The summed E-state index contributed by atoms with van der Waals surface area (Å²) in [6.45, 7) is 4.39. The Morgan fingerprint density at radius 1 is 1.30 bits per heavy atom. The molecule has 0 N–H and O–H groups in total. The van der Waals surface area contributed by atoms with Crippen LogP contribution in [0.3, 0.4) is 0 Å². The zero-order valence-electron chi connectivity index (χ0n) is 15.6. The van der Waals surface area contributed by atoms with Crippen molar-refractivity contribution < 1.29 is 19.1 Å². The van der Waals surface area contributed by atoms with Crippen molar-refractivity contribution in [3.8, 4) is 6.07 Å². The van der Waals surface area contributed by atoms with Crippen molar-refractivity contribution >= 4 is 28.9 Å². The number of Topliss-reactive ketones (excluding diaryl/α,β-unsaturated/α-hetero) is 1. The molecule has 0 radical (unpaired) electrons. The van der Waals surface area contributed by atoms with E-state index in [9.17, 15) is 19.6 Å². The van der Waals surface area contributed by atoms with Gasteiger partial charge in [-0.15, -0.1) is 0 Å². The van der Waals surface area contributed by atoms with Crippen LogP contribution in [0.2, 0.25) is 0 Å². The van der Waals surface area contributed by atoms with E-state index in [1.54, 1.807) is 17.0 Å². The van der Waals surface area contributed by atoms with Gasteiger partial charge in [-0.3, -0.25) is 9.59 Å². The number of anilines is 1. The highest BCUT2D eigenvalue weighted by atomic mass is 16.5. The van der Waals surface area contributed by atoms with Crippen molar-refractivity contribution in [1.82, 2.24) is 0 Å². The number of methoxy groups -OCH3 is 1. The number of nitrogens with zero attached hydrogens (tertiary/aromatic N) is 2. The van der Waals surface area contributed by atoms with Gasteiger partial charge in [0, 0.05) is 24.1 Å². The topological polar surface area (TPSA) is 87.5 Å². The fourth-order valence-electron chi connectivity index (χ4n) is 4.57. The van der Waals surface area contributed by atoms with Crippen molar-refractivity contribution in [2.75, 3.05) is 18.6 Å². The van der Waals surface area contributed by atoms with E-state index < -0.39 is 11.9 Å². The second kappa shape index (κ2) is 5.78. The van der Waals surface area contributed by atoms with Crippen LogP contribution in [0.25, 0.3) is 5.57 Å². The molecule has 6 nitrogen and oxygen atoms in total. The Hall–Kier alpha value is -2.94. The Balaban J connectivity index is 2.06. The summed E-state index contributed by atoms with van der Waals surface area (Å²) in [5.41, 5.74) is 3.18. The SMILES string of the molecule is COC(=O)c1cc2c3c(c1)C1=C(CC(C)(C)CC1=O)[C@H](C#N)C(=O)N3CC2. The first-order chi connectivity index (χ1) is 12.8. The van der Waals surface area contributed by atoms with Crippen molar-refractivity contribution in [1.29, 1.82) is 5.26 Å². The second-order valence-electron chi connectivity index (χ2n) is 8.17. The molecule has 0 fully saturated rings. The van der Waals surface area contributed by atoms with Gasteiger partial charge in [0.05, 0.1) is 24.4 Å². The maximum Gasteiger partial charge on any atom is 0.337 e. The Labute approximate surface area is 157 Å². The lowest BCUT2D eigenvalue weighted by Gasteiger charge is -2.33. The van der Waals surface area contributed by atoms with E-state index >= 15 is 0 Å². The molecule has 0 spiro atoms. The summed E-state index contributed by atoms with van der Waals surface area (Å²) in [4.78, 5) is 40.0. The van der Waals surface area contributed by atoms with Crippen LogP contribution < -0.4 is 4.90 Å². The number of ketones is 1. The molecule has 4 rings (SSSR count). The summed E-state index contributed by atoms with van der Waals surface area (Å²) in [5, 5.41) is 9.75. The minimum atomic E-state index is -0.969. The number of nitriles is 1. The van der Waals surface area contributed by atoms with Gasteiger partial charge in [-0.2, -0.15) is 5.26 Å². The molecule has 0 saturated carbocycles. The van der Waals surface area contributed by atoms with E-state index in [4.69, 9.17) is 4.74 Å². The van der Waals surface area contributed by atoms with Gasteiger partial charge < -0.3 is 9.64 Å². The fraction of sp³-hybridized carbons (Fsp3) is 0.429. The third kappa shape index (κ3) is 2.49. The van der Waals surface area contributed by atoms with Crippen LogP contribution in [0.4, 0.5) is 5.69 Å². The smallest absolute Gasteiger partial charge is 0.337 e. The Morgan fingerprint density at radius 3 is 2.70 bits per heavy atom. The lowest BCUT2D eigenvalue weighted by atomic mass is 9.69. The molecule has 1 atom stereocenters. The molecule has 0 aromatic heterocycles. The molecule has 2 aliphatic heterocycles. The van der Waals surface area contributed by atoms with Gasteiger partial charge in [0.2, 0.25) is 5.91 Å². The molecule has 138 valence electrons. The molecule has 1 aromatic rings. The van der Waals surface area contributed by atoms with Crippen molar-refractivity contribution in [2.45, 2.75) is 33.1 Å². The molecule has 0 saturated heterocycles. The largest absolute Gasteiger partial charge is 0.465 e. The van der Waals surface area contributed by atoms with Crippen LogP contribution in [0.1, 0.15) is 48.2 Å². The Bertz CT molecular complexity index is 981. The molecule has 3 aliphatic rings. The molecule has 1 amide bonds. The minimum Gasteiger partial charge on any atom is -0.465 e. The first kappa shape index (κ1) is 17.5. The van der Waals surface area contributed by atoms with Crippen LogP contribution in [0, 0.1) is 22.7 Å². The number of ether oxygens (including phenoxy) is 1. The number of benzene rings is 1. The van der Waals surface area contributed by atoms with E-state index in [1.165, 1.54) is 7.11 Å². The average Bonchev–Trinajstić information content (AvgIpc) is 3.00. The van der Waals surface area contributed by atoms with E-state index in [1.807, 2.05) is 13.8 Å². The molecule has 1 aliphatic carbocycles. The van der Waals surface area contributed by atoms with Crippen LogP contribution in [-0.4, -0.2) is 31.3 Å². The summed E-state index contributed by atoms with van der Waals surface area (Å²) in [7, 11) is 1.31. The quantitative estimate of drug-likeness (QED) is 0.715. The van der Waals surface area contributed by atoms with E-state index in [0.29, 0.717) is 53.8 Å². The second-order valence-corrected chi connectivity index (χ2v) is 8.17. The van der Waals surface area contributed by atoms with E-state index in [-0.39, 0.29) is 17.1 Å². The number of amides is 1. The van der Waals surface area contributed by atoms with Crippen LogP contribution in [-0.2, 0) is 20.7 Å². The van der Waals surface area contributed by atoms with E-state index in [0.717, 1.165) is 5.56 Å². The van der Waals surface area contributed by atoms with Crippen LogP contribution in [0.5, 0.6) is 0 Å². The highest BCUT2D eigenvalue weighted by Gasteiger charge is 2.45. The minimum absolute atomic E-state index is 0.0766. The lowest BCUT2D eigenvalue weighted by molar-refractivity contribution is -0.119. The summed E-state index contributed by atoms with van der Waals surface area (Å²) in [5.74, 6) is -1.81.